The Hall–Kier alpha value is -2.13. The van der Waals surface area contributed by atoms with Crippen molar-refractivity contribution < 1.29 is 21.9 Å². The molecule has 2 heterocycles. The molecule has 1 aromatic heterocycles. The van der Waals surface area contributed by atoms with E-state index in [9.17, 15) is 17.2 Å². The van der Waals surface area contributed by atoms with Crippen molar-refractivity contribution in [3.05, 3.63) is 47.9 Å². The van der Waals surface area contributed by atoms with Gasteiger partial charge in [-0.2, -0.15) is 4.31 Å². The zero-order valence-electron chi connectivity index (χ0n) is 15.2. The lowest BCUT2D eigenvalue weighted by atomic mass is 9.99. The fourth-order valence-corrected chi connectivity index (χ4v) is 4.89. The molecule has 1 saturated carbocycles. The lowest BCUT2D eigenvalue weighted by Gasteiger charge is -2.31. The van der Waals surface area contributed by atoms with E-state index in [2.05, 4.69) is 9.97 Å². The molecule has 0 spiro atoms. The molecule has 1 aliphatic heterocycles. The molecule has 2 aliphatic rings. The number of halogens is 2. The highest BCUT2D eigenvalue weighted by atomic mass is 32.2. The normalized spacial score (nSPS) is 18.9. The molecule has 0 unspecified atom stereocenters. The van der Waals surface area contributed by atoms with Gasteiger partial charge in [0, 0.05) is 31.1 Å². The van der Waals surface area contributed by atoms with E-state index in [0.717, 1.165) is 30.7 Å². The summed E-state index contributed by atoms with van der Waals surface area (Å²) in [6, 6.07) is 4.22. The fourth-order valence-electron chi connectivity index (χ4n) is 3.38. The van der Waals surface area contributed by atoms with Crippen LogP contribution in [0.5, 0.6) is 5.88 Å². The maximum Gasteiger partial charge on any atom is 0.243 e. The Morgan fingerprint density at radius 2 is 1.68 bits per heavy atom. The lowest BCUT2D eigenvalue weighted by Crippen LogP contribution is -2.39. The third kappa shape index (κ3) is 4.30. The second-order valence-corrected chi connectivity index (χ2v) is 9.26. The van der Waals surface area contributed by atoms with Gasteiger partial charge in [-0.3, -0.25) is 0 Å². The summed E-state index contributed by atoms with van der Waals surface area (Å²) >= 11 is 0. The van der Waals surface area contributed by atoms with Gasteiger partial charge in [0.25, 0.3) is 0 Å². The van der Waals surface area contributed by atoms with Gasteiger partial charge in [0.1, 0.15) is 18.0 Å². The summed E-state index contributed by atoms with van der Waals surface area (Å²) in [6.45, 7) is 1.01. The number of hydrogen-bond donors (Lipinski definition) is 0. The van der Waals surface area contributed by atoms with Crippen molar-refractivity contribution in [2.75, 3.05) is 19.7 Å². The van der Waals surface area contributed by atoms with Crippen LogP contribution in [-0.2, 0) is 10.0 Å². The zero-order chi connectivity index (χ0) is 19.7. The van der Waals surface area contributed by atoms with Crippen molar-refractivity contribution in [2.24, 2.45) is 5.92 Å². The molecular weight excluding hydrogens is 388 g/mol. The number of benzene rings is 1. The number of sulfonamides is 1. The summed E-state index contributed by atoms with van der Waals surface area (Å²) in [5.74, 6) is -0.557. The number of piperidine rings is 1. The first kappa shape index (κ1) is 19.2. The third-order valence-electron chi connectivity index (χ3n) is 5.17. The van der Waals surface area contributed by atoms with E-state index < -0.39 is 21.7 Å². The number of ether oxygens (including phenoxy) is 1. The lowest BCUT2D eigenvalue weighted by molar-refractivity contribution is 0.180. The first-order valence-electron chi connectivity index (χ1n) is 9.33. The van der Waals surface area contributed by atoms with Gasteiger partial charge in [-0.25, -0.2) is 27.2 Å². The molecule has 9 heteroatoms. The predicted molar refractivity (Wildman–Crippen MR) is 97.3 cm³/mol. The second kappa shape index (κ2) is 7.71. The third-order valence-corrected chi connectivity index (χ3v) is 7.05. The minimum absolute atomic E-state index is 0.190. The van der Waals surface area contributed by atoms with E-state index in [4.69, 9.17) is 4.74 Å². The second-order valence-electron chi connectivity index (χ2n) is 7.32. The Morgan fingerprint density at radius 3 is 2.32 bits per heavy atom. The van der Waals surface area contributed by atoms with Gasteiger partial charge >= 0.3 is 0 Å². The Balaban J connectivity index is 1.33. The van der Waals surface area contributed by atoms with Crippen LogP contribution in [0, 0.1) is 17.6 Å². The van der Waals surface area contributed by atoms with Crippen LogP contribution < -0.4 is 4.74 Å². The topological polar surface area (TPSA) is 72.4 Å². The van der Waals surface area contributed by atoms with Crippen LogP contribution in [-0.4, -0.2) is 42.4 Å². The summed E-state index contributed by atoms with van der Waals surface area (Å²) in [5, 5.41) is 0. The molecule has 1 saturated heterocycles. The monoisotopic (exact) mass is 409 g/mol. The molecule has 4 rings (SSSR count). The van der Waals surface area contributed by atoms with Crippen molar-refractivity contribution in [1.29, 1.82) is 0 Å². The smallest absolute Gasteiger partial charge is 0.243 e. The Morgan fingerprint density at radius 1 is 1.00 bits per heavy atom. The molecule has 0 bridgehead atoms. The molecular formula is C19H21F2N3O3S. The number of rotatable bonds is 6. The van der Waals surface area contributed by atoms with Crippen molar-refractivity contribution >= 4 is 10.0 Å². The van der Waals surface area contributed by atoms with E-state index in [1.54, 1.807) is 0 Å². The molecule has 2 aromatic rings. The zero-order valence-corrected chi connectivity index (χ0v) is 16.0. The van der Waals surface area contributed by atoms with E-state index in [0.29, 0.717) is 37.3 Å². The molecule has 0 radical (unpaired) electrons. The summed E-state index contributed by atoms with van der Waals surface area (Å²) in [4.78, 5) is 8.04. The highest BCUT2D eigenvalue weighted by Crippen LogP contribution is 2.39. The molecule has 1 aliphatic carbocycles. The maximum absolute atomic E-state index is 13.4. The van der Waals surface area contributed by atoms with Crippen LogP contribution in [0.2, 0.25) is 0 Å². The minimum atomic E-state index is -3.91. The minimum Gasteiger partial charge on any atom is -0.477 e. The molecule has 1 aromatic carbocycles. The largest absolute Gasteiger partial charge is 0.477 e. The van der Waals surface area contributed by atoms with Crippen LogP contribution in [0.15, 0.2) is 35.5 Å². The quantitative estimate of drug-likeness (QED) is 0.733. The van der Waals surface area contributed by atoms with E-state index in [1.807, 2.05) is 6.07 Å². The summed E-state index contributed by atoms with van der Waals surface area (Å²) in [6.07, 6.45) is 5.03. The average Bonchev–Trinajstić information content (AvgIpc) is 3.51. The van der Waals surface area contributed by atoms with Gasteiger partial charge in [0.05, 0.1) is 17.2 Å². The Kier molecular flexibility index (Phi) is 5.29. The van der Waals surface area contributed by atoms with E-state index in [-0.39, 0.29) is 23.9 Å². The highest BCUT2D eigenvalue weighted by molar-refractivity contribution is 7.89. The van der Waals surface area contributed by atoms with Crippen molar-refractivity contribution in [3.8, 4) is 5.88 Å². The molecule has 0 atom stereocenters. The van der Waals surface area contributed by atoms with Gasteiger partial charge in [-0.15, -0.1) is 0 Å². The van der Waals surface area contributed by atoms with Gasteiger partial charge in [-0.1, -0.05) is 0 Å². The van der Waals surface area contributed by atoms with Gasteiger partial charge in [-0.05, 0) is 43.7 Å². The summed E-state index contributed by atoms with van der Waals surface area (Å²) in [5.41, 5.74) is 1.01. The van der Waals surface area contributed by atoms with Gasteiger partial charge in [0.2, 0.25) is 15.9 Å². The van der Waals surface area contributed by atoms with Gasteiger partial charge in [0.15, 0.2) is 0 Å². The average molecular weight is 409 g/mol. The Bertz CT molecular complexity index is 938. The van der Waals surface area contributed by atoms with Crippen molar-refractivity contribution in [3.63, 3.8) is 0 Å². The Labute approximate surface area is 162 Å². The van der Waals surface area contributed by atoms with E-state index in [1.165, 1.54) is 10.6 Å². The van der Waals surface area contributed by atoms with Gasteiger partial charge < -0.3 is 4.74 Å². The number of hydrogen-bond acceptors (Lipinski definition) is 5. The predicted octanol–water partition coefficient (Wildman–Crippen LogP) is 3.11. The molecule has 6 nitrogen and oxygen atoms in total. The molecule has 28 heavy (non-hydrogen) atoms. The first-order chi connectivity index (χ1) is 13.4. The van der Waals surface area contributed by atoms with Crippen LogP contribution >= 0.6 is 0 Å². The molecule has 150 valence electrons. The van der Waals surface area contributed by atoms with Crippen LogP contribution in [0.4, 0.5) is 8.78 Å². The van der Waals surface area contributed by atoms with Crippen LogP contribution in [0.25, 0.3) is 0 Å². The van der Waals surface area contributed by atoms with E-state index >= 15 is 0 Å². The first-order valence-corrected chi connectivity index (χ1v) is 10.8. The van der Waals surface area contributed by atoms with Crippen molar-refractivity contribution in [2.45, 2.75) is 36.5 Å². The molecule has 2 fully saturated rings. The fraction of sp³-hybridized carbons (Fsp3) is 0.474. The molecule has 0 amide bonds. The molecule has 0 N–H and O–H groups in total. The SMILES string of the molecule is O=S(=O)(c1cc(F)cc(F)c1)N1CCC(COc2cc(C3CC3)ncn2)CC1. The summed E-state index contributed by atoms with van der Waals surface area (Å²) < 4.78 is 59.1. The standard InChI is InChI=1S/C19H21F2N3O3S/c20-15-7-16(21)9-17(8-15)28(25,26)24-5-3-13(4-6-24)11-27-19-10-18(14-1-2-14)22-12-23-19/h7-10,12-14H,1-6,11H2. The van der Waals surface area contributed by atoms with Crippen LogP contribution in [0.1, 0.15) is 37.3 Å². The number of aromatic nitrogens is 2. The van der Waals surface area contributed by atoms with Crippen molar-refractivity contribution in [1.82, 2.24) is 14.3 Å². The van der Waals surface area contributed by atoms with Crippen LogP contribution in [0.3, 0.4) is 0 Å². The summed E-state index contributed by atoms with van der Waals surface area (Å²) in [7, 11) is -3.91. The highest BCUT2D eigenvalue weighted by Gasteiger charge is 2.30. The number of nitrogens with zero attached hydrogens (tertiary/aromatic N) is 3. The maximum atomic E-state index is 13.4.